The molecule has 0 spiro atoms. The number of nitrogens with one attached hydrogen (secondary N) is 2. The van der Waals surface area contributed by atoms with Crippen LogP contribution in [0.2, 0.25) is 0 Å². The molecule has 3 atom stereocenters. The van der Waals surface area contributed by atoms with Crippen molar-refractivity contribution in [2.45, 2.75) is 36.1 Å². The van der Waals surface area contributed by atoms with Crippen LogP contribution >= 0.6 is 11.8 Å². The Balaban J connectivity index is 1.13. The topological polar surface area (TPSA) is 130 Å². The summed E-state index contributed by atoms with van der Waals surface area (Å²) in [6, 6.07) is 10.3. The predicted molar refractivity (Wildman–Crippen MR) is 133 cm³/mol. The number of cyclic esters (lactones) is 1. The second-order valence-electron chi connectivity index (χ2n) is 9.12. The van der Waals surface area contributed by atoms with Gasteiger partial charge in [0.25, 0.3) is 5.56 Å². The van der Waals surface area contributed by atoms with E-state index in [0.717, 1.165) is 4.90 Å². The number of carbonyl (C=O) groups is 3. The first kappa shape index (κ1) is 23.5. The monoisotopic (exact) mass is 524 g/mol. The number of halogens is 1. The first-order valence-electron chi connectivity index (χ1n) is 11.6. The number of hydrogen-bond donors (Lipinski definition) is 3. The normalized spacial score (nSPS) is 21.0. The quantitative estimate of drug-likeness (QED) is 0.466. The van der Waals surface area contributed by atoms with E-state index in [4.69, 9.17) is 4.74 Å². The van der Waals surface area contributed by atoms with Gasteiger partial charge in [0.05, 0.1) is 42.5 Å². The first-order valence-corrected chi connectivity index (χ1v) is 12.6. The summed E-state index contributed by atoms with van der Waals surface area (Å²) in [7, 11) is 0. The van der Waals surface area contributed by atoms with Crippen LogP contribution in [0, 0.1) is 5.82 Å². The molecular formula is C25H21FN4O6S. The van der Waals surface area contributed by atoms with Crippen molar-refractivity contribution in [2.75, 3.05) is 22.5 Å². The maximum atomic E-state index is 14.7. The number of thioether (sulfide) groups is 1. The summed E-state index contributed by atoms with van der Waals surface area (Å²) in [6.45, 7) is 0.0823. The Morgan fingerprint density at radius 3 is 2.84 bits per heavy atom. The van der Waals surface area contributed by atoms with E-state index in [9.17, 15) is 28.7 Å². The number of benzene rings is 2. The van der Waals surface area contributed by atoms with Crippen LogP contribution in [0.4, 0.5) is 20.6 Å². The summed E-state index contributed by atoms with van der Waals surface area (Å²) in [4.78, 5) is 51.5. The van der Waals surface area contributed by atoms with Crippen LogP contribution in [0.3, 0.4) is 0 Å². The standard InChI is InChI=1S/C25H21FN4O6S/c26-14-4-1-12-2-6-22(34)30-9-16(23(14)24(12)30)28-20(32)8-17(31)18-10-29(25(35)36-18)13-3-5-19-15(7-13)27-21(33)11-37-19/h1-7,16-18,31H,8-11H2,(H,27,33)(H,28,32)/t16-,17+,18-/m1/s1. The van der Waals surface area contributed by atoms with E-state index in [2.05, 4.69) is 10.6 Å². The Bertz CT molecular complexity index is 1540. The molecule has 3 aliphatic rings. The lowest BCUT2D eigenvalue weighted by atomic mass is 10.0. The Hall–Kier alpha value is -3.90. The van der Waals surface area contributed by atoms with Crippen LogP contribution in [0.5, 0.6) is 0 Å². The highest BCUT2D eigenvalue weighted by molar-refractivity contribution is 8.00. The van der Waals surface area contributed by atoms with Crippen LogP contribution in [0.25, 0.3) is 10.9 Å². The molecule has 1 saturated heterocycles. The van der Waals surface area contributed by atoms with Crippen LogP contribution in [0.15, 0.2) is 52.2 Å². The van der Waals surface area contributed by atoms with Crippen molar-refractivity contribution < 1.29 is 28.6 Å². The zero-order valence-corrected chi connectivity index (χ0v) is 20.1. The van der Waals surface area contributed by atoms with Gasteiger partial charge in [-0.15, -0.1) is 11.8 Å². The number of aromatic nitrogens is 1. The highest BCUT2D eigenvalue weighted by Crippen LogP contribution is 2.36. The molecule has 37 heavy (non-hydrogen) atoms. The summed E-state index contributed by atoms with van der Waals surface area (Å²) in [5, 5.41) is 16.8. The van der Waals surface area contributed by atoms with Crippen molar-refractivity contribution >= 4 is 51.9 Å². The third kappa shape index (κ3) is 4.11. The number of aliphatic hydroxyl groups excluding tert-OH is 1. The highest BCUT2D eigenvalue weighted by atomic mass is 32.2. The molecule has 1 fully saturated rings. The number of amides is 3. The van der Waals surface area contributed by atoms with E-state index >= 15 is 0 Å². The molecule has 0 radical (unpaired) electrons. The van der Waals surface area contributed by atoms with Gasteiger partial charge >= 0.3 is 6.09 Å². The number of nitrogens with zero attached hydrogens (tertiary/aromatic N) is 2. The minimum Gasteiger partial charge on any atom is -0.441 e. The smallest absolute Gasteiger partial charge is 0.414 e. The molecule has 3 aliphatic heterocycles. The fourth-order valence-corrected chi connectivity index (χ4v) is 5.80. The van der Waals surface area contributed by atoms with Crippen molar-refractivity contribution in [3.8, 4) is 0 Å². The van der Waals surface area contributed by atoms with Crippen molar-refractivity contribution in [3.63, 3.8) is 0 Å². The molecule has 12 heteroatoms. The molecule has 0 unspecified atom stereocenters. The first-order chi connectivity index (χ1) is 17.8. The molecule has 1 aromatic heterocycles. The van der Waals surface area contributed by atoms with Crippen molar-refractivity contribution in [2.24, 2.45) is 0 Å². The number of carbonyl (C=O) groups excluding carboxylic acids is 3. The predicted octanol–water partition coefficient (Wildman–Crippen LogP) is 2.13. The van der Waals surface area contributed by atoms with Crippen molar-refractivity contribution in [1.29, 1.82) is 0 Å². The summed E-state index contributed by atoms with van der Waals surface area (Å²) >= 11 is 1.40. The molecule has 3 aromatic rings. The van der Waals surface area contributed by atoms with Gasteiger partial charge in [0.1, 0.15) is 18.0 Å². The average Bonchev–Trinajstić information content (AvgIpc) is 3.45. The second kappa shape index (κ2) is 8.89. The van der Waals surface area contributed by atoms with Crippen LogP contribution in [-0.4, -0.2) is 52.1 Å². The number of pyridine rings is 1. The number of ether oxygens (including phenoxy) is 1. The van der Waals surface area contributed by atoms with Gasteiger partial charge in [0, 0.05) is 22.2 Å². The number of aliphatic hydroxyl groups is 1. The summed E-state index contributed by atoms with van der Waals surface area (Å²) in [5.74, 6) is -0.919. The Morgan fingerprint density at radius 2 is 2.00 bits per heavy atom. The minimum absolute atomic E-state index is 0.00531. The third-order valence-corrected chi connectivity index (χ3v) is 7.83. The second-order valence-corrected chi connectivity index (χ2v) is 10.1. The van der Waals surface area contributed by atoms with E-state index in [0.29, 0.717) is 28.0 Å². The Morgan fingerprint density at radius 1 is 1.19 bits per heavy atom. The fraction of sp³-hybridized carbons (Fsp3) is 0.280. The molecule has 3 N–H and O–H groups in total. The Kier molecular flexibility index (Phi) is 5.64. The Labute approximate surface area is 213 Å². The largest absolute Gasteiger partial charge is 0.441 e. The van der Waals surface area contributed by atoms with Gasteiger partial charge in [0.15, 0.2) is 0 Å². The lowest BCUT2D eigenvalue weighted by Crippen LogP contribution is -2.38. The fourth-order valence-electron chi connectivity index (χ4n) is 5.01. The van der Waals surface area contributed by atoms with E-state index in [-0.39, 0.29) is 36.5 Å². The average molecular weight is 525 g/mol. The van der Waals surface area contributed by atoms with Crippen molar-refractivity contribution in [3.05, 3.63) is 64.2 Å². The number of hydrogen-bond acceptors (Lipinski definition) is 7. The number of fused-ring (bicyclic) bond motifs is 1. The maximum absolute atomic E-state index is 14.7. The molecule has 10 nitrogen and oxygen atoms in total. The lowest BCUT2D eigenvalue weighted by molar-refractivity contribution is -0.125. The van der Waals surface area contributed by atoms with Gasteiger partial charge in [-0.2, -0.15) is 0 Å². The van der Waals surface area contributed by atoms with Gasteiger partial charge in [-0.3, -0.25) is 19.3 Å². The molecule has 0 aliphatic carbocycles. The minimum atomic E-state index is -1.31. The van der Waals surface area contributed by atoms with Crippen LogP contribution < -0.4 is 21.1 Å². The third-order valence-electron chi connectivity index (χ3n) is 6.75. The highest BCUT2D eigenvalue weighted by Gasteiger charge is 2.38. The lowest BCUT2D eigenvalue weighted by Gasteiger charge is -2.20. The molecule has 6 rings (SSSR count). The number of anilines is 2. The summed E-state index contributed by atoms with van der Waals surface area (Å²) < 4.78 is 21.4. The van der Waals surface area contributed by atoms with Gasteiger partial charge in [0.2, 0.25) is 11.8 Å². The number of rotatable bonds is 5. The molecule has 3 amide bonds. The molecule has 0 saturated carbocycles. The SMILES string of the molecule is O=C1CSc2ccc(N3C[C@H]([C@@H](O)CC(=O)N[C@@H]4Cn5c(=O)ccc6ccc(F)c4c65)OC3=O)cc2N1. The molecular weight excluding hydrogens is 503 g/mol. The summed E-state index contributed by atoms with van der Waals surface area (Å²) in [6.07, 6.45) is -3.35. The molecule has 0 bridgehead atoms. The van der Waals surface area contributed by atoms with Gasteiger partial charge < -0.3 is 25.0 Å². The molecule has 2 aromatic carbocycles. The van der Waals surface area contributed by atoms with Gasteiger partial charge in [-0.25, -0.2) is 9.18 Å². The van der Waals surface area contributed by atoms with Crippen molar-refractivity contribution in [1.82, 2.24) is 9.88 Å². The zero-order valence-electron chi connectivity index (χ0n) is 19.3. The van der Waals surface area contributed by atoms with E-state index < -0.39 is 36.1 Å². The van der Waals surface area contributed by atoms with Crippen LogP contribution in [-0.2, 0) is 20.9 Å². The van der Waals surface area contributed by atoms with Gasteiger partial charge in [-0.1, -0.05) is 0 Å². The zero-order chi connectivity index (χ0) is 25.8. The van der Waals surface area contributed by atoms with E-state index in [1.807, 2.05) is 0 Å². The molecule has 4 heterocycles. The van der Waals surface area contributed by atoms with E-state index in [1.165, 1.54) is 33.4 Å². The van der Waals surface area contributed by atoms with Crippen LogP contribution in [0.1, 0.15) is 18.0 Å². The van der Waals surface area contributed by atoms with E-state index in [1.54, 1.807) is 30.3 Å². The molecule has 190 valence electrons. The van der Waals surface area contributed by atoms with Gasteiger partial charge in [-0.05, 0) is 41.8 Å². The maximum Gasteiger partial charge on any atom is 0.414 e. The summed E-state index contributed by atoms with van der Waals surface area (Å²) in [5.41, 5.74) is 1.46.